The molecular weight excluding hydrogens is 250 g/mol. The van der Waals surface area contributed by atoms with Gasteiger partial charge in [0, 0.05) is 18.3 Å². The van der Waals surface area contributed by atoms with Gasteiger partial charge in [0.1, 0.15) is 0 Å². The molecule has 1 aromatic carbocycles. The minimum Gasteiger partial charge on any atom is -0.493 e. The van der Waals surface area contributed by atoms with Crippen molar-refractivity contribution in [3.05, 3.63) is 18.2 Å². The van der Waals surface area contributed by atoms with Crippen molar-refractivity contribution in [2.45, 2.75) is 39.5 Å². The minimum atomic E-state index is 0.653. The Hall–Kier alpha value is -1.38. The van der Waals surface area contributed by atoms with Crippen LogP contribution in [0.25, 0.3) is 0 Å². The molecule has 0 aliphatic heterocycles. The summed E-state index contributed by atoms with van der Waals surface area (Å²) in [6, 6.07) is 6.07. The van der Waals surface area contributed by atoms with Crippen LogP contribution in [0, 0.1) is 11.8 Å². The summed E-state index contributed by atoms with van der Waals surface area (Å²) in [4.78, 5) is 0. The van der Waals surface area contributed by atoms with Crippen LogP contribution in [0.15, 0.2) is 18.2 Å². The number of methoxy groups -OCH3 is 1. The van der Waals surface area contributed by atoms with E-state index in [1.54, 1.807) is 7.11 Å². The van der Waals surface area contributed by atoms with Gasteiger partial charge in [-0.25, -0.2) is 0 Å². The third-order valence-corrected chi connectivity index (χ3v) is 4.19. The van der Waals surface area contributed by atoms with Crippen LogP contribution >= 0.6 is 0 Å². The maximum Gasteiger partial charge on any atom is 0.163 e. The third-order valence-electron chi connectivity index (χ3n) is 4.19. The van der Waals surface area contributed by atoms with Crippen LogP contribution in [-0.2, 0) is 0 Å². The molecule has 0 unspecified atom stereocenters. The molecule has 3 heteroatoms. The van der Waals surface area contributed by atoms with E-state index in [9.17, 15) is 0 Å². The zero-order valence-corrected chi connectivity index (χ0v) is 12.9. The van der Waals surface area contributed by atoms with Crippen molar-refractivity contribution in [1.82, 2.24) is 0 Å². The molecule has 0 bridgehead atoms. The van der Waals surface area contributed by atoms with Crippen molar-refractivity contribution in [2.75, 3.05) is 25.6 Å². The topological polar surface area (TPSA) is 30.5 Å². The largest absolute Gasteiger partial charge is 0.493 e. The van der Waals surface area contributed by atoms with Crippen LogP contribution < -0.4 is 14.8 Å². The summed E-state index contributed by atoms with van der Waals surface area (Å²) in [5.41, 5.74) is 1.12. The van der Waals surface area contributed by atoms with Crippen molar-refractivity contribution in [3.63, 3.8) is 0 Å². The zero-order valence-electron chi connectivity index (χ0n) is 12.9. The molecule has 1 aromatic rings. The Morgan fingerprint density at radius 3 is 2.55 bits per heavy atom. The first-order chi connectivity index (χ1) is 9.72. The van der Waals surface area contributed by atoms with Crippen molar-refractivity contribution in [1.29, 1.82) is 0 Å². The predicted molar refractivity (Wildman–Crippen MR) is 83.8 cm³/mol. The lowest BCUT2D eigenvalue weighted by Gasteiger charge is -2.26. The van der Waals surface area contributed by atoms with E-state index in [4.69, 9.17) is 9.47 Å². The van der Waals surface area contributed by atoms with Crippen LogP contribution in [0.4, 0.5) is 5.69 Å². The summed E-state index contributed by atoms with van der Waals surface area (Å²) in [5.74, 6) is 3.33. The van der Waals surface area contributed by atoms with Crippen LogP contribution in [-0.4, -0.2) is 20.3 Å². The summed E-state index contributed by atoms with van der Waals surface area (Å²) < 4.78 is 10.9. The molecular formula is C17H27NO2. The molecule has 1 aliphatic carbocycles. The highest BCUT2D eigenvalue weighted by Crippen LogP contribution is 2.32. The second-order valence-corrected chi connectivity index (χ2v) is 5.81. The molecule has 1 N–H and O–H groups in total. The number of nitrogens with one attached hydrogen (secondary N) is 1. The molecule has 3 nitrogen and oxygen atoms in total. The monoisotopic (exact) mass is 277 g/mol. The van der Waals surface area contributed by atoms with Crippen LogP contribution in [0.5, 0.6) is 11.5 Å². The van der Waals surface area contributed by atoms with E-state index < -0.39 is 0 Å². The fraction of sp³-hybridized carbons (Fsp3) is 0.647. The van der Waals surface area contributed by atoms with Gasteiger partial charge < -0.3 is 14.8 Å². The number of hydrogen-bond donors (Lipinski definition) is 1. The van der Waals surface area contributed by atoms with Crippen molar-refractivity contribution >= 4 is 5.69 Å². The molecule has 0 atom stereocenters. The van der Waals surface area contributed by atoms with Crippen LogP contribution in [0.1, 0.15) is 39.5 Å². The Morgan fingerprint density at radius 2 is 1.90 bits per heavy atom. The highest BCUT2D eigenvalue weighted by molar-refractivity contribution is 5.54. The highest BCUT2D eigenvalue weighted by atomic mass is 16.5. The average molecular weight is 277 g/mol. The summed E-state index contributed by atoms with van der Waals surface area (Å²) >= 11 is 0. The fourth-order valence-electron chi connectivity index (χ4n) is 2.85. The number of hydrogen-bond acceptors (Lipinski definition) is 3. The van der Waals surface area contributed by atoms with Gasteiger partial charge in [0.2, 0.25) is 0 Å². The van der Waals surface area contributed by atoms with Crippen LogP contribution in [0.3, 0.4) is 0 Å². The molecule has 0 heterocycles. The first-order valence-corrected chi connectivity index (χ1v) is 7.77. The molecule has 1 fully saturated rings. The maximum absolute atomic E-state index is 5.61. The van der Waals surface area contributed by atoms with Gasteiger partial charge in [0.05, 0.1) is 13.7 Å². The molecule has 1 aliphatic rings. The predicted octanol–water partition coefficient (Wildman–Crippen LogP) is 4.33. The second-order valence-electron chi connectivity index (χ2n) is 5.81. The fourth-order valence-corrected chi connectivity index (χ4v) is 2.85. The van der Waals surface area contributed by atoms with E-state index >= 15 is 0 Å². The summed E-state index contributed by atoms with van der Waals surface area (Å²) in [7, 11) is 1.67. The Bertz CT molecular complexity index is 411. The average Bonchev–Trinajstić information content (AvgIpc) is 2.47. The van der Waals surface area contributed by atoms with E-state index in [0.29, 0.717) is 6.61 Å². The Balaban J connectivity index is 1.90. The molecule has 20 heavy (non-hydrogen) atoms. The van der Waals surface area contributed by atoms with E-state index in [0.717, 1.165) is 35.6 Å². The molecule has 0 amide bonds. The standard InChI is InChI=1S/C17H27NO2/c1-4-20-17-11-15(9-10-16(17)19-3)18-12-14-7-5-13(2)6-8-14/h9-11,13-14,18H,4-8,12H2,1-3H3. The number of anilines is 1. The van der Waals surface area contributed by atoms with Gasteiger partial charge in [-0.15, -0.1) is 0 Å². The van der Waals surface area contributed by atoms with Crippen LogP contribution in [0.2, 0.25) is 0 Å². The maximum atomic E-state index is 5.61. The van der Waals surface area contributed by atoms with Gasteiger partial charge in [-0.3, -0.25) is 0 Å². The van der Waals surface area contributed by atoms with Gasteiger partial charge in [-0.05, 0) is 43.7 Å². The number of benzene rings is 1. The SMILES string of the molecule is CCOc1cc(NCC2CCC(C)CC2)ccc1OC. The van der Waals surface area contributed by atoms with Crippen molar-refractivity contribution in [2.24, 2.45) is 11.8 Å². The normalized spacial score (nSPS) is 22.4. The van der Waals surface area contributed by atoms with Gasteiger partial charge in [0.25, 0.3) is 0 Å². The lowest BCUT2D eigenvalue weighted by molar-refractivity contribution is 0.300. The molecule has 112 valence electrons. The van der Waals surface area contributed by atoms with E-state index in [2.05, 4.69) is 18.3 Å². The van der Waals surface area contributed by atoms with E-state index in [1.165, 1.54) is 25.7 Å². The lowest BCUT2D eigenvalue weighted by atomic mass is 9.83. The summed E-state index contributed by atoms with van der Waals surface area (Å²) in [5, 5.41) is 3.54. The van der Waals surface area contributed by atoms with Gasteiger partial charge in [-0.2, -0.15) is 0 Å². The molecule has 1 saturated carbocycles. The Labute approximate surface area is 122 Å². The molecule has 0 aromatic heterocycles. The highest BCUT2D eigenvalue weighted by Gasteiger charge is 2.17. The quantitative estimate of drug-likeness (QED) is 0.839. The number of rotatable bonds is 6. The first-order valence-electron chi connectivity index (χ1n) is 7.77. The lowest BCUT2D eigenvalue weighted by Crippen LogP contribution is -2.20. The summed E-state index contributed by atoms with van der Waals surface area (Å²) in [6.45, 7) is 6.06. The minimum absolute atomic E-state index is 0.653. The van der Waals surface area contributed by atoms with Crippen molar-refractivity contribution < 1.29 is 9.47 Å². The Morgan fingerprint density at radius 1 is 1.15 bits per heavy atom. The smallest absolute Gasteiger partial charge is 0.163 e. The summed E-state index contributed by atoms with van der Waals surface area (Å²) in [6.07, 6.45) is 5.45. The molecule has 0 radical (unpaired) electrons. The third kappa shape index (κ3) is 4.06. The van der Waals surface area contributed by atoms with E-state index in [1.807, 2.05) is 19.1 Å². The molecule has 0 spiro atoms. The van der Waals surface area contributed by atoms with Gasteiger partial charge in [-0.1, -0.05) is 19.8 Å². The molecule has 2 rings (SSSR count). The number of ether oxygens (including phenoxy) is 2. The molecule has 0 saturated heterocycles. The zero-order chi connectivity index (χ0) is 14.4. The van der Waals surface area contributed by atoms with Gasteiger partial charge >= 0.3 is 0 Å². The Kier molecular flexibility index (Phi) is 5.57. The van der Waals surface area contributed by atoms with Gasteiger partial charge in [0.15, 0.2) is 11.5 Å². The van der Waals surface area contributed by atoms with Crippen molar-refractivity contribution in [3.8, 4) is 11.5 Å². The first kappa shape index (κ1) is 15.0. The van der Waals surface area contributed by atoms with E-state index in [-0.39, 0.29) is 0 Å². The second kappa shape index (κ2) is 7.41.